The summed E-state index contributed by atoms with van der Waals surface area (Å²) >= 11 is 0. The van der Waals surface area contributed by atoms with Gasteiger partial charge in [0.1, 0.15) is 6.04 Å². The second-order valence-corrected chi connectivity index (χ2v) is 3.40. The zero-order valence-electron chi connectivity index (χ0n) is 9.26. The molecule has 0 fully saturated rings. The van der Waals surface area contributed by atoms with E-state index in [0.29, 0.717) is 6.54 Å². The Morgan fingerprint density at radius 2 is 2.19 bits per heavy atom. The van der Waals surface area contributed by atoms with Crippen LogP contribution in [0.1, 0.15) is 18.5 Å². The van der Waals surface area contributed by atoms with Gasteiger partial charge in [0.2, 0.25) is 5.91 Å². The van der Waals surface area contributed by atoms with Crippen molar-refractivity contribution in [2.45, 2.75) is 13.0 Å². The number of carbonyl (C=O) groups excluding carboxylic acids is 1. The van der Waals surface area contributed by atoms with Gasteiger partial charge in [-0.25, -0.2) is 0 Å². The SMILES string of the molecule is C=CCN(C(C)=O)C(C#N)c1ccccc1. The second-order valence-electron chi connectivity index (χ2n) is 3.40. The van der Waals surface area contributed by atoms with Crippen LogP contribution in [0.25, 0.3) is 0 Å². The molecule has 0 aromatic heterocycles. The van der Waals surface area contributed by atoms with Crippen molar-refractivity contribution >= 4 is 5.91 Å². The molecule has 1 amide bonds. The number of amides is 1. The summed E-state index contributed by atoms with van der Waals surface area (Å²) < 4.78 is 0. The van der Waals surface area contributed by atoms with Crippen molar-refractivity contribution in [1.29, 1.82) is 5.26 Å². The Labute approximate surface area is 95.6 Å². The highest BCUT2D eigenvalue weighted by molar-refractivity contribution is 5.74. The van der Waals surface area contributed by atoms with Gasteiger partial charge >= 0.3 is 0 Å². The molecule has 0 heterocycles. The first-order valence-corrected chi connectivity index (χ1v) is 5.03. The fourth-order valence-corrected chi connectivity index (χ4v) is 1.51. The molecule has 0 saturated heterocycles. The quantitative estimate of drug-likeness (QED) is 0.722. The van der Waals surface area contributed by atoms with Crippen LogP contribution in [0.15, 0.2) is 43.0 Å². The number of hydrogen-bond acceptors (Lipinski definition) is 2. The lowest BCUT2D eigenvalue weighted by Crippen LogP contribution is -2.32. The molecule has 0 aliphatic carbocycles. The summed E-state index contributed by atoms with van der Waals surface area (Å²) in [6.07, 6.45) is 1.62. The number of hydrogen-bond donors (Lipinski definition) is 0. The van der Waals surface area contributed by atoms with Crippen LogP contribution in [-0.4, -0.2) is 17.4 Å². The predicted octanol–water partition coefficient (Wildman–Crippen LogP) is 2.29. The van der Waals surface area contributed by atoms with Crippen molar-refractivity contribution in [3.05, 3.63) is 48.6 Å². The fraction of sp³-hybridized carbons (Fsp3) is 0.231. The van der Waals surface area contributed by atoms with E-state index in [1.807, 2.05) is 30.3 Å². The fourth-order valence-electron chi connectivity index (χ4n) is 1.51. The molecule has 1 rings (SSSR count). The van der Waals surface area contributed by atoms with Crippen molar-refractivity contribution < 1.29 is 4.79 Å². The second kappa shape index (κ2) is 5.72. The average molecular weight is 214 g/mol. The van der Waals surface area contributed by atoms with Crippen LogP contribution >= 0.6 is 0 Å². The lowest BCUT2D eigenvalue weighted by molar-refractivity contribution is -0.129. The van der Waals surface area contributed by atoms with Gasteiger partial charge in [-0.2, -0.15) is 5.26 Å². The third kappa shape index (κ3) is 2.71. The Morgan fingerprint density at radius 1 is 1.56 bits per heavy atom. The van der Waals surface area contributed by atoms with Crippen LogP contribution in [0, 0.1) is 11.3 Å². The molecule has 1 aromatic rings. The summed E-state index contributed by atoms with van der Waals surface area (Å²) in [6.45, 7) is 5.42. The first kappa shape index (κ1) is 12.0. The van der Waals surface area contributed by atoms with Gasteiger partial charge in [-0.1, -0.05) is 36.4 Å². The van der Waals surface area contributed by atoms with Crippen molar-refractivity contribution in [1.82, 2.24) is 4.90 Å². The van der Waals surface area contributed by atoms with Crippen LogP contribution in [0.2, 0.25) is 0 Å². The monoisotopic (exact) mass is 214 g/mol. The lowest BCUT2D eigenvalue weighted by Gasteiger charge is -2.24. The largest absolute Gasteiger partial charge is 0.319 e. The minimum atomic E-state index is -0.545. The molecule has 1 atom stereocenters. The predicted molar refractivity (Wildman–Crippen MR) is 62.4 cm³/mol. The normalized spacial score (nSPS) is 11.2. The highest BCUT2D eigenvalue weighted by Crippen LogP contribution is 2.19. The Morgan fingerprint density at radius 3 is 2.62 bits per heavy atom. The molecule has 3 nitrogen and oxygen atoms in total. The van der Waals surface area contributed by atoms with E-state index < -0.39 is 6.04 Å². The number of nitriles is 1. The lowest BCUT2D eigenvalue weighted by atomic mass is 10.1. The first-order valence-electron chi connectivity index (χ1n) is 5.03. The summed E-state index contributed by atoms with van der Waals surface area (Å²) in [6, 6.07) is 10.9. The smallest absolute Gasteiger partial charge is 0.221 e. The van der Waals surface area contributed by atoms with E-state index in [4.69, 9.17) is 5.26 Å². The Balaban J connectivity index is 3.01. The maximum atomic E-state index is 11.4. The van der Waals surface area contributed by atoms with Gasteiger partial charge in [0, 0.05) is 13.5 Å². The zero-order valence-corrected chi connectivity index (χ0v) is 9.26. The molecule has 0 saturated carbocycles. The molecule has 0 N–H and O–H groups in total. The summed E-state index contributed by atoms with van der Waals surface area (Å²) in [5.41, 5.74) is 0.821. The van der Waals surface area contributed by atoms with E-state index >= 15 is 0 Å². The van der Waals surface area contributed by atoms with Crippen molar-refractivity contribution in [2.75, 3.05) is 6.54 Å². The minimum Gasteiger partial charge on any atom is -0.319 e. The molecule has 0 radical (unpaired) electrons. The highest BCUT2D eigenvalue weighted by atomic mass is 16.2. The molecule has 1 unspecified atom stereocenters. The first-order chi connectivity index (χ1) is 7.70. The molecule has 16 heavy (non-hydrogen) atoms. The van der Waals surface area contributed by atoms with Crippen LogP contribution < -0.4 is 0 Å². The van der Waals surface area contributed by atoms with Gasteiger partial charge in [-0.3, -0.25) is 4.79 Å². The number of rotatable bonds is 4. The van der Waals surface area contributed by atoms with E-state index in [2.05, 4.69) is 12.6 Å². The topological polar surface area (TPSA) is 44.1 Å². The summed E-state index contributed by atoms with van der Waals surface area (Å²) in [5, 5.41) is 9.15. The van der Waals surface area contributed by atoms with Gasteiger partial charge in [0.05, 0.1) is 6.07 Å². The summed E-state index contributed by atoms with van der Waals surface area (Å²) in [7, 11) is 0. The zero-order chi connectivity index (χ0) is 12.0. The molecule has 0 bridgehead atoms. The molecule has 82 valence electrons. The Bertz CT molecular complexity index is 406. The molecule has 0 aliphatic heterocycles. The number of benzene rings is 1. The maximum absolute atomic E-state index is 11.4. The highest BCUT2D eigenvalue weighted by Gasteiger charge is 2.20. The Kier molecular flexibility index (Phi) is 4.28. The molecule has 0 spiro atoms. The number of carbonyl (C=O) groups is 1. The van der Waals surface area contributed by atoms with Crippen LogP contribution in [-0.2, 0) is 4.79 Å². The molecular formula is C13H14N2O. The van der Waals surface area contributed by atoms with Crippen LogP contribution in [0.4, 0.5) is 0 Å². The maximum Gasteiger partial charge on any atom is 0.221 e. The van der Waals surface area contributed by atoms with E-state index in [-0.39, 0.29) is 5.91 Å². The van der Waals surface area contributed by atoms with Gasteiger partial charge in [0.15, 0.2) is 0 Å². The number of nitrogens with zero attached hydrogens (tertiary/aromatic N) is 2. The minimum absolute atomic E-state index is 0.129. The molecule has 1 aromatic carbocycles. The van der Waals surface area contributed by atoms with Gasteiger partial charge in [0.25, 0.3) is 0 Å². The van der Waals surface area contributed by atoms with Gasteiger partial charge in [-0.05, 0) is 5.56 Å². The van der Waals surface area contributed by atoms with E-state index in [9.17, 15) is 4.79 Å². The van der Waals surface area contributed by atoms with Crippen LogP contribution in [0.3, 0.4) is 0 Å². The van der Waals surface area contributed by atoms with Crippen LogP contribution in [0.5, 0.6) is 0 Å². The molecule has 3 heteroatoms. The van der Waals surface area contributed by atoms with Crippen molar-refractivity contribution in [3.8, 4) is 6.07 Å². The molecule has 0 aliphatic rings. The van der Waals surface area contributed by atoms with E-state index in [1.165, 1.54) is 11.8 Å². The van der Waals surface area contributed by atoms with Crippen molar-refractivity contribution in [2.24, 2.45) is 0 Å². The summed E-state index contributed by atoms with van der Waals surface area (Å²) in [5.74, 6) is -0.129. The van der Waals surface area contributed by atoms with Crippen molar-refractivity contribution in [3.63, 3.8) is 0 Å². The standard InChI is InChI=1S/C13H14N2O/c1-3-9-15(11(2)16)13(10-14)12-7-5-4-6-8-12/h3-8,13H,1,9H2,2H3. The Hall–Kier alpha value is -2.08. The molecular weight excluding hydrogens is 200 g/mol. The van der Waals surface area contributed by atoms with E-state index in [0.717, 1.165) is 5.56 Å². The van der Waals surface area contributed by atoms with Gasteiger partial charge < -0.3 is 4.90 Å². The third-order valence-corrected chi connectivity index (χ3v) is 2.28. The summed E-state index contributed by atoms with van der Waals surface area (Å²) in [4.78, 5) is 12.9. The van der Waals surface area contributed by atoms with Gasteiger partial charge in [-0.15, -0.1) is 6.58 Å². The van der Waals surface area contributed by atoms with E-state index in [1.54, 1.807) is 6.08 Å². The third-order valence-electron chi connectivity index (χ3n) is 2.28. The average Bonchev–Trinajstić information content (AvgIpc) is 2.30.